The number of benzene rings is 1. The smallest absolute Gasteiger partial charge is 0.244 e. The first-order valence-corrected chi connectivity index (χ1v) is 7.43. The van der Waals surface area contributed by atoms with Gasteiger partial charge in [-0.15, -0.1) is 0 Å². The molecule has 1 saturated carbocycles. The van der Waals surface area contributed by atoms with Crippen molar-refractivity contribution in [3.8, 4) is 5.75 Å². The van der Waals surface area contributed by atoms with Crippen molar-refractivity contribution < 1.29 is 13.2 Å². The van der Waals surface area contributed by atoms with E-state index < -0.39 is 10.0 Å². The van der Waals surface area contributed by atoms with Crippen molar-refractivity contribution in [1.29, 1.82) is 0 Å². The Kier molecular flexibility index (Phi) is 3.82. The predicted molar refractivity (Wildman–Crippen MR) is 69.2 cm³/mol. The summed E-state index contributed by atoms with van der Waals surface area (Å²) in [6, 6.07) is 3.01. The van der Waals surface area contributed by atoms with Crippen LogP contribution in [0.3, 0.4) is 0 Å². The summed E-state index contributed by atoms with van der Waals surface area (Å²) in [6.07, 6.45) is 1.73. The van der Waals surface area contributed by atoms with Gasteiger partial charge in [0.05, 0.1) is 7.11 Å². The van der Waals surface area contributed by atoms with E-state index in [4.69, 9.17) is 22.1 Å². The lowest BCUT2D eigenvalue weighted by molar-refractivity contribution is 0.397. The number of nitrogens with one attached hydrogen (secondary N) is 1. The highest BCUT2D eigenvalue weighted by Gasteiger charge is 2.30. The average molecular weight is 291 g/mol. The molecule has 1 aromatic carbocycles. The molecular weight excluding hydrogens is 276 g/mol. The number of sulfonamides is 1. The van der Waals surface area contributed by atoms with Crippen molar-refractivity contribution in [2.24, 2.45) is 5.73 Å². The molecule has 3 N–H and O–H groups in total. The molecule has 0 amide bonds. The standard InChI is InChI=1S/C11H15ClN2O3S/c1-17-11-7(6-13)4-8(12)5-10(11)18(15,16)14-9-2-3-9/h4-5,9,14H,2-3,6,13H2,1H3. The molecule has 100 valence electrons. The molecule has 2 rings (SSSR count). The third-order valence-corrected chi connectivity index (χ3v) is 4.45. The van der Waals surface area contributed by atoms with Crippen molar-refractivity contribution in [1.82, 2.24) is 4.72 Å². The summed E-state index contributed by atoms with van der Waals surface area (Å²) < 4.78 is 32.1. The van der Waals surface area contributed by atoms with Crippen LogP contribution in [0.15, 0.2) is 17.0 Å². The Hall–Kier alpha value is -0.820. The highest BCUT2D eigenvalue weighted by molar-refractivity contribution is 7.89. The number of halogens is 1. The molecule has 0 heterocycles. The van der Waals surface area contributed by atoms with Crippen LogP contribution in [0, 0.1) is 0 Å². The third kappa shape index (κ3) is 2.77. The minimum Gasteiger partial charge on any atom is -0.495 e. The van der Waals surface area contributed by atoms with Gasteiger partial charge in [0.1, 0.15) is 10.6 Å². The van der Waals surface area contributed by atoms with E-state index in [1.54, 1.807) is 6.07 Å². The number of rotatable bonds is 5. The zero-order valence-corrected chi connectivity index (χ0v) is 11.5. The number of hydrogen-bond acceptors (Lipinski definition) is 4. The van der Waals surface area contributed by atoms with E-state index in [1.165, 1.54) is 13.2 Å². The van der Waals surface area contributed by atoms with Crippen molar-refractivity contribution >= 4 is 21.6 Å². The van der Waals surface area contributed by atoms with E-state index in [9.17, 15) is 8.42 Å². The second-order valence-electron chi connectivity index (χ2n) is 4.20. The minimum absolute atomic E-state index is 0.0278. The summed E-state index contributed by atoms with van der Waals surface area (Å²) in [5, 5.41) is 0.326. The van der Waals surface area contributed by atoms with Gasteiger partial charge in [0.15, 0.2) is 0 Å². The molecule has 1 fully saturated rings. The lowest BCUT2D eigenvalue weighted by Gasteiger charge is -2.14. The molecule has 1 aliphatic carbocycles. The molecule has 7 heteroatoms. The van der Waals surface area contributed by atoms with Gasteiger partial charge < -0.3 is 10.5 Å². The number of methoxy groups -OCH3 is 1. The van der Waals surface area contributed by atoms with Gasteiger partial charge in [-0.2, -0.15) is 0 Å². The largest absolute Gasteiger partial charge is 0.495 e. The first kappa shape index (κ1) is 13.6. The van der Waals surface area contributed by atoms with Crippen LogP contribution in [0.4, 0.5) is 0 Å². The summed E-state index contributed by atoms with van der Waals surface area (Å²) in [5.41, 5.74) is 6.14. The van der Waals surface area contributed by atoms with Gasteiger partial charge in [0.25, 0.3) is 0 Å². The maximum absolute atomic E-state index is 12.2. The van der Waals surface area contributed by atoms with E-state index in [0.29, 0.717) is 10.6 Å². The normalized spacial score (nSPS) is 15.7. The number of nitrogens with two attached hydrogens (primary N) is 1. The van der Waals surface area contributed by atoms with Crippen molar-refractivity contribution in [3.63, 3.8) is 0 Å². The van der Waals surface area contributed by atoms with Gasteiger partial charge >= 0.3 is 0 Å². The number of ether oxygens (including phenoxy) is 1. The molecule has 0 spiro atoms. The van der Waals surface area contributed by atoms with Crippen molar-refractivity contribution in [2.45, 2.75) is 30.3 Å². The van der Waals surface area contributed by atoms with Gasteiger partial charge in [-0.1, -0.05) is 11.6 Å². The Morgan fingerprint density at radius 2 is 2.17 bits per heavy atom. The first-order chi connectivity index (χ1) is 8.47. The predicted octanol–water partition coefficient (Wildman–Crippen LogP) is 1.25. The average Bonchev–Trinajstić information content (AvgIpc) is 3.11. The highest BCUT2D eigenvalue weighted by atomic mass is 35.5. The Morgan fingerprint density at radius 3 is 2.67 bits per heavy atom. The molecule has 0 atom stereocenters. The fraction of sp³-hybridized carbons (Fsp3) is 0.455. The maximum atomic E-state index is 12.2. The van der Waals surface area contributed by atoms with Crippen LogP contribution in [0.25, 0.3) is 0 Å². The van der Waals surface area contributed by atoms with Crippen molar-refractivity contribution in [3.05, 3.63) is 22.7 Å². The van der Waals surface area contributed by atoms with Gasteiger partial charge in [-0.25, -0.2) is 13.1 Å². The molecule has 1 aliphatic rings. The summed E-state index contributed by atoms with van der Waals surface area (Å²) >= 11 is 5.91. The summed E-state index contributed by atoms with van der Waals surface area (Å²) in [7, 11) is -2.19. The van der Waals surface area contributed by atoms with Gasteiger partial charge in [-0.05, 0) is 25.0 Å². The molecule has 0 aromatic heterocycles. The zero-order chi connectivity index (χ0) is 13.3. The van der Waals surface area contributed by atoms with Crippen LogP contribution in [-0.2, 0) is 16.6 Å². The third-order valence-electron chi connectivity index (χ3n) is 2.71. The van der Waals surface area contributed by atoms with Gasteiger partial charge in [-0.3, -0.25) is 0 Å². The molecule has 5 nitrogen and oxygen atoms in total. The fourth-order valence-electron chi connectivity index (χ4n) is 1.69. The maximum Gasteiger partial charge on any atom is 0.244 e. The molecule has 0 unspecified atom stereocenters. The van der Waals surface area contributed by atoms with Crippen LogP contribution in [0.5, 0.6) is 5.75 Å². The van der Waals surface area contributed by atoms with Crippen LogP contribution >= 0.6 is 11.6 Å². The first-order valence-electron chi connectivity index (χ1n) is 5.56. The van der Waals surface area contributed by atoms with Gasteiger partial charge in [0.2, 0.25) is 10.0 Å². The molecule has 0 saturated heterocycles. The molecule has 18 heavy (non-hydrogen) atoms. The molecule has 0 bridgehead atoms. The Bertz CT molecular complexity index is 556. The molecular formula is C11H15ClN2O3S. The van der Waals surface area contributed by atoms with Crippen LogP contribution < -0.4 is 15.2 Å². The second kappa shape index (κ2) is 5.05. The van der Waals surface area contributed by atoms with E-state index in [1.807, 2.05) is 0 Å². The van der Waals surface area contributed by atoms with E-state index in [0.717, 1.165) is 12.8 Å². The zero-order valence-electron chi connectivity index (χ0n) is 9.94. The summed E-state index contributed by atoms with van der Waals surface area (Å²) in [5.74, 6) is 0.259. The second-order valence-corrected chi connectivity index (χ2v) is 6.31. The molecule has 0 radical (unpaired) electrons. The van der Waals surface area contributed by atoms with Crippen LogP contribution in [-0.4, -0.2) is 21.6 Å². The lowest BCUT2D eigenvalue weighted by atomic mass is 10.2. The Morgan fingerprint density at radius 1 is 1.50 bits per heavy atom. The topological polar surface area (TPSA) is 81.4 Å². The Labute approximate surface area is 111 Å². The lowest BCUT2D eigenvalue weighted by Crippen LogP contribution is -2.26. The molecule has 1 aromatic rings. The van der Waals surface area contributed by atoms with E-state index in [-0.39, 0.29) is 23.2 Å². The van der Waals surface area contributed by atoms with Gasteiger partial charge in [0, 0.05) is 23.2 Å². The molecule has 0 aliphatic heterocycles. The van der Waals surface area contributed by atoms with E-state index in [2.05, 4.69) is 4.72 Å². The number of hydrogen-bond donors (Lipinski definition) is 2. The highest BCUT2D eigenvalue weighted by Crippen LogP contribution is 2.33. The summed E-state index contributed by atoms with van der Waals surface area (Å²) in [6.45, 7) is 0.162. The quantitative estimate of drug-likeness (QED) is 0.855. The SMILES string of the molecule is COc1c(CN)cc(Cl)cc1S(=O)(=O)NC1CC1. The summed E-state index contributed by atoms with van der Waals surface area (Å²) in [4.78, 5) is 0.0462. The minimum atomic E-state index is -3.61. The fourth-order valence-corrected chi connectivity index (χ4v) is 3.54. The Balaban J connectivity index is 2.50. The monoisotopic (exact) mass is 290 g/mol. The van der Waals surface area contributed by atoms with Crippen LogP contribution in [0.2, 0.25) is 5.02 Å². The van der Waals surface area contributed by atoms with E-state index >= 15 is 0 Å². The van der Waals surface area contributed by atoms with Crippen LogP contribution in [0.1, 0.15) is 18.4 Å². The van der Waals surface area contributed by atoms with Crippen molar-refractivity contribution in [2.75, 3.05) is 7.11 Å².